The van der Waals surface area contributed by atoms with Crippen LogP contribution in [-0.2, 0) is 0 Å². The molecule has 11 heavy (non-hydrogen) atoms. The third-order valence-corrected chi connectivity index (χ3v) is 3.54. The molecule has 1 atom stereocenters. The average Bonchev–Trinajstić information content (AvgIpc) is 2.40. The number of allylic oxidation sites excluding steroid dienone is 6. The molecule has 0 bridgehead atoms. The summed E-state index contributed by atoms with van der Waals surface area (Å²) in [5.41, 5.74) is 0. The summed E-state index contributed by atoms with van der Waals surface area (Å²) in [6.07, 6.45) is 9.02. The third-order valence-electron chi connectivity index (χ3n) is 2.06. The SMILES string of the molecule is CC(C)C1=CC2C=CC=C2S1. The fraction of sp³-hybridized carbons (Fsp3) is 0.400. The molecule has 0 nitrogen and oxygen atoms in total. The van der Waals surface area contributed by atoms with Gasteiger partial charge in [0.05, 0.1) is 0 Å². The van der Waals surface area contributed by atoms with Crippen molar-refractivity contribution in [1.82, 2.24) is 0 Å². The molecule has 2 rings (SSSR count). The second-order valence-electron chi connectivity index (χ2n) is 3.31. The van der Waals surface area contributed by atoms with Crippen LogP contribution in [0.1, 0.15) is 13.8 Å². The standard InChI is InChI=1S/C10H12S/c1-7(2)10-6-8-4-3-5-9(8)11-10/h3-8H,1-2H3. The largest absolute Gasteiger partial charge is 0.0981 e. The van der Waals surface area contributed by atoms with E-state index in [4.69, 9.17) is 0 Å². The highest BCUT2D eigenvalue weighted by molar-refractivity contribution is 8.07. The van der Waals surface area contributed by atoms with Crippen molar-refractivity contribution < 1.29 is 0 Å². The first-order valence-corrected chi connectivity index (χ1v) is 4.87. The van der Waals surface area contributed by atoms with E-state index in [1.165, 1.54) is 9.81 Å². The van der Waals surface area contributed by atoms with Crippen LogP contribution in [0.3, 0.4) is 0 Å². The maximum absolute atomic E-state index is 2.38. The molecule has 0 fully saturated rings. The minimum Gasteiger partial charge on any atom is -0.0981 e. The summed E-state index contributed by atoms with van der Waals surface area (Å²) < 4.78 is 0. The number of rotatable bonds is 1. The highest BCUT2D eigenvalue weighted by atomic mass is 32.2. The number of fused-ring (bicyclic) bond motifs is 1. The lowest BCUT2D eigenvalue weighted by atomic mass is 10.1. The minimum atomic E-state index is 0.623. The quantitative estimate of drug-likeness (QED) is 0.572. The van der Waals surface area contributed by atoms with Gasteiger partial charge in [0.25, 0.3) is 0 Å². The van der Waals surface area contributed by atoms with Gasteiger partial charge in [0, 0.05) is 10.8 Å². The van der Waals surface area contributed by atoms with Crippen molar-refractivity contribution in [2.24, 2.45) is 11.8 Å². The summed E-state index contributed by atoms with van der Waals surface area (Å²) >= 11 is 1.95. The first-order valence-electron chi connectivity index (χ1n) is 4.05. The van der Waals surface area contributed by atoms with Crippen molar-refractivity contribution in [3.63, 3.8) is 0 Å². The van der Waals surface area contributed by atoms with Crippen molar-refractivity contribution in [3.8, 4) is 0 Å². The smallest absolute Gasteiger partial charge is 0.0276 e. The zero-order valence-corrected chi connectivity index (χ0v) is 7.69. The van der Waals surface area contributed by atoms with E-state index in [-0.39, 0.29) is 0 Å². The molecule has 0 N–H and O–H groups in total. The fourth-order valence-corrected chi connectivity index (χ4v) is 2.52. The Hall–Kier alpha value is -0.430. The lowest BCUT2D eigenvalue weighted by molar-refractivity contribution is 0.812. The first-order chi connectivity index (χ1) is 5.27. The van der Waals surface area contributed by atoms with Crippen LogP contribution >= 0.6 is 11.8 Å². The van der Waals surface area contributed by atoms with Crippen LogP contribution in [0.2, 0.25) is 0 Å². The average molecular weight is 164 g/mol. The molecule has 0 aromatic rings. The number of hydrogen-bond acceptors (Lipinski definition) is 1. The van der Waals surface area contributed by atoms with Gasteiger partial charge < -0.3 is 0 Å². The van der Waals surface area contributed by atoms with Crippen molar-refractivity contribution in [2.45, 2.75) is 13.8 Å². The molecule has 0 saturated carbocycles. The van der Waals surface area contributed by atoms with Crippen molar-refractivity contribution >= 4 is 11.8 Å². The molecule has 1 aliphatic heterocycles. The topological polar surface area (TPSA) is 0 Å². The van der Waals surface area contributed by atoms with Crippen LogP contribution in [0.25, 0.3) is 0 Å². The van der Waals surface area contributed by atoms with E-state index in [2.05, 4.69) is 38.2 Å². The molecule has 1 unspecified atom stereocenters. The van der Waals surface area contributed by atoms with Gasteiger partial charge in [0.15, 0.2) is 0 Å². The highest BCUT2D eigenvalue weighted by Crippen LogP contribution is 2.45. The van der Waals surface area contributed by atoms with Crippen LogP contribution in [0.15, 0.2) is 34.1 Å². The predicted molar refractivity (Wildman–Crippen MR) is 51.2 cm³/mol. The van der Waals surface area contributed by atoms with Gasteiger partial charge in [-0.05, 0) is 10.8 Å². The third kappa shape index (κ3) is 1.18. The van der Waals surface area contributed by atoms with Gasteiger partial charge in [-0.1, -0.05) is 49.9 Å². The monoisotopic (exact) mass is 164 g/mol. The predicted octanol–water partition coefficient (Wildman–Crippen LogP) is 3.34. The normalized spacial score (nSPS) is 27.4. The van der Waals surface area contributed by atoms with E-state index in [9.17, 15) is 0 Å². The van der Waals surface area contributed by atoms with Gasteiger partial charge in [-0.2, -0.15) is 0 Å². The minimum absolute atomic E-state index is 0.623. The summed E-state index contributed by atoms with van der Waals surface area (Å²) in [4.78, 5) is 3.04. The van der Waals surface area contributed by atoms with Gasteiger partial charge in [-0.25, -0.2) is 0 Å². The zero-order valence-electron chi connectivity index (χ0n) is 6.87. The molecule has 0 aromatic carbocycles. The second kappa shape index (κ2) is 2.56. The second-order valence-corrected chi connectivity index (χ2v) is 4.45. The molecular formula is C10H12S. The number of hydrogen-bond donors (Lipinski definition) is 0. The summed E-state index contributed by atoms with van der Waals surface area (Å²) in [6, 6.07) is 0. The first kappa shape index (κ1) is 7.23. The summed E-state index contributed by atoms with van der Waals surface area (Å²) in [5.74, 6) is 1.32. The van der Waals surface area contributed by atoms with Gasteiger partial charge in [0.2, 0.25) is 0 Å². The summed E-state index contributed by atoms with van der Waals surface area (Å²) in [5, 5.41) is 0. The molecule has 2 aliphatic rings. The molecule has 0 saturated heterocycles. The maximum Gasteiger partial charge on any atom is 0.0276 e. The molecule has 0 radical (unpaired) electrons. The van der Waals surface area contributed by atoms with Crippen molar-refractivity contribution in [1.29, 1.82) is 0 Å². The van der Waals surface area contributed by atoms with E-state index in [0.717, 1.165) is 0 Å². The zero-order chi connectivity index (χ0) is 7.84. The Labute approximate surface area is 72.1 Å². The van der Waals surface area contributed by atoms with Gasteiger partial charge >= 0.3 is 0 Å². The summed E-state index contributed by atoms with van der Waals surface area (Å²) in [6.45, 7) is 4.51. The summed E-state index contributed by atoms with van der Waals surface area (Å²) in [7, 11) is 0. The Bertz CT molecular complexity index is 256. The molecule has 1 aliphatic carbocycles. The van der Waals surface area contributed by atoms with Gasteiger partial charge in [-0.3, -0.25) is 0 Å². The Morgan fingerprint density at radius 3 is 2.91 bits per heavy atom. The Morgan fingerprint density at radius 1 is 1.45 bits per heavy atom. The lowest BCUT2D eigenvalue weighted by Gasteiger charge is -2.03. The van der Waals surface area contributed by atoms with Crippen LogP contribution in [0.5, 0.6) is 0 Å². The molecule has 0 amide bonds. The van der Waals surface area contributed by atoms with Crippen LogP contribution in [-0.4, -0.2) is 0 Å². The van der Waals surface area contributed by atoms with E-state index in [1.807, 2.05) is 11.8 Å². The molecule has 0 aromatic heterocycles. The number of thioether (sulfide) groups is 1. The Morgan fingerprint density at radius 2 is 2.27 bits per heavy atom. The molecule has 58 valence electrons. The highest BCUT2D eigenvalue weighted by Gasteiger charge is 2.23. The van der Waals surface area contributed by atoms with Gasteiger partial charge in [0.1, 0.15) is 0 Å². The van der Waals surface area contributed by atoms with Crippen molar-refractivity contribution in [3.05, 3.63) is 34.1 Å². The Kier molecular flexibility index (Phi) is 1.68. The lowest BCUT2D eigenvalue weighted by Crippen LogP contribution is -1.85. The van der Waals surface area contributed by atoms with E-state index in [0.29, 0.717) is 11.8 Å². The van der Waals surface area contributed by atoms with Crippen LogP contribution < -0.4 is 0 Å². The van der Waals surface area contributed by atoms with Gasteiger partial charge in [-0.15, -0.1) is 0 Å². The molecular weight excluding hydrogens is 152 g/mol. The van der Waals surface area contributed by atoms with E-state index < -0.39 is 0 Å². The maximum atomic E-state index is 2.38. The molecule has 1 heteroatoms. The van der Waals surface area contributed by atoms with Crippen LogP contribution in [0.4, 0.5) is 0 Å². The van der Waals surface area contributed by atoms with Crippen molar-refractivity contribution in [2.75, 3.05) is 0 Å². The molecule has 0 spiro atoms. The van der Waals surface area contributed by atoms with Crippen LogP contribution in [0, 0.1) is 11.8 Å². The van der Waals surface area contributed by atoms with E-state index in [1.54, 1.807) is 0 Å². The fourth-order valence-electron chi connectivity index (χ4n) is 1.37. The van der Waals surface area contributed by atoms with E-state index >= 15 is 0 Å². The Balaban J connectivity index is 2.20. The molecule has 1 heterocycles.